The molecule has 1 aliphatic carbocycles. The number of rotatable bonds is 5. The quantitative estimate of drug-likeness (QED) is 0.579. The Morgan fingerprint density at radius 2 is 2.14 bits per heavy atom. The van der Waals surface area contributed by atoms with Crippen LogP contribution in [-0.4, -0.2) is 29.6 Å². The first-order chi connectivity index (χ1) is 13.7. The van der Waals surface area contributed by atoms with Gasteiger partial charge in [0, 0.05) is 42.6 Å². The summed E-state index contributed by atoms with van der Waals surface area (Å²) in [5.74, 6) is 1.91. The molecule has 0 radical (unpaired) electrons. The molecule has 1 aromatic carbocycles. The number of ether oxygens (including phenoxy) is 1. The Morgan fingerprint density at radius 1 is 1.32 bits per heavy atom. The molecule has 2 aliphatic rings. The minimum absolute atomic E-state index is 0.0121. The van der Waals surface area contributed by atoms with Crippen molar-refractivity contribution in [3.8, 4) is 5.75 Å². The van der Waals surface area contributed by atoms with E-state index < -0.39 is 0 Å². The van der Waals surface area contributed by atoms with Crippen LogP contribution in [0.25, 0.3) is 0 Å². The third-order valence-corrected chi connectivity index (χ3v) is 6.60. The highest BCUT2D eigenvalue weighted by atomic mass is 32.1. The van der Waals surface area contributed by atoms with Gasteiger partial charge in [0.25, 0.3) is 0 Å². The monoisotopic (exact) mass is 398 g/mol. The molecule has 4 rings (SSSR count). The van der Waals surface area contributed by atoms with Gasteiger partial charge in [-0.2, -0.15) is 0 Å². The fourth-order valence-corrected chi connectivity index (χ4v) is 5.11. The van der Waals surface area contributed by atoms with Crippen LogP contribution in [0.2, 0.25) is 0 Å². The number of nitrogens with zero attached hydrogens (tertiary/aromatic N) is 2. The van der Waals surface area contributed by atoms with Crippen molar-refractivity contribution in [2.45, 2.75) is 64.0 Å². The van der Waals surface area contributed by atoms with Crippen LogP contribution in [0, 0.1) is 6.92 Å². The zero-order chi connectivity index (χ0) is 19.4. The Balaban J connectivity index is 1.49. The van der Waals surface area contributed by atoms with Gasteiger partial charge in [-0.15, -0.1) is 11.3 Å². The standard InChI is InChI=1S/C22H30N4OS/c1-3-23-21(24-13-10-20-25-15-16(2)28-20)26-18-14-22(11-6-7-12-22)27-19-9-5-4-8-17(18)19/h4-5,8-9,15,18H,3,6-7,10-14H2,1-2H3,(H2,23,24,26). The summed E-state index contributed by atoms with van der Waals surface area (Å²) < 4.78 is 6.49. The molecule has 1 aliphatic heterocycles. The average Bonchev–Trinajstić information content (AvgIpc) is 3.31. The van der Waals surface area contributed by atoms with E-state index in [4.69, 9.17) is 9.73 Å². The van der Waals surface area contributed by atoms with Gasteiger partial charge in [-0.1, -0.05) is 18.2 Å². The van der Waals surface area contributed by atoms with Crippen molar-refractivity contribution in [2.24, 2.45) is 4.99 Å². The van der Waals surface area contributed by atoms with E-state index in [0.717, 1.165) is 55.5 Å². The SMILES string of the molecule is CCNC(=NCCc1ncc(C)s1)NC1CC2(CCCC2)Oc2ccccc21. The Labute approximate surface area is 171 Å². The zero-order valence-electron chi connectivity index (χ0n) is 16.8. The van der Waals surface area contributed by atoms with Gasteiger partial charge in [0.1, 0.15) is 11.4 Å². The minimum atomic E-state index is -0.0121. The van der Waals surface area contributed by atoms with E-state index in [9.17, 15) is 0 Å². The second kappa shape index (κ2) is 8.52. The Morgan fingerprint density at radius 3 is 2.89 bits per heavy atom. The minimum Gasteiger partial charge on any atom is -0.487 e. The van der Waals surface area contributed by atoms with E-state index in [-0.39, 0.29) is 11.6 Å². The van der Waals surface area contributed by atoms with Crippen LogP contribution in [0.1, 0.15) is 60.5 Å². The van der Waals surface area contributed by atoms with Crippen LogP contribution in [0.3, 0.4) is 0 Å². The predicted octanol–water partition coefficient (Wildman–Crippen LogP) is 4.39. The van der Waals surface area contributed by atoms with E-state index in [1.807, 2.05) is 6.20 Å². The molecule has 5 nitrogen and oxygen atoms in total. The summed E-state index contributed by atoms with van der Waals surface area (Å²) in [5, 5.41) is 8.26. The van der Waals surface area contributed by atoms with Crippen molar-refractivity contribution in [3.05, 3.63) is 45.9 Å². The maximum atomic E-state index is 6.49. The van der Waals surface area contributed by atoms with Crippen molar-refractivity contribution in [1.82, 2.24) is 15.6 Å². The normalized spacial score (nSPS) is 20.6. The molecule has 1 atom stereocenters. The second-order valence-corrected chi connectivity index (χ2v) is 9.13. The summed E-state index contributed by atoms with van der Waals surface area (Å²) in [6.45, 7) is 5.78. The first-order valence-corrected chi connectivity index (χ1v) is 11.2. The topological polar surface area (TPSA) is 58.5 Å². The number of fused-ring (bicyclic) bond motifs is 1. The lowest BCUT2D eigenvalue weighted by Crippen LogP contribution is -2.46. The Hall–Kier alpha value is -2.08. The second-order valence-electron chi connectivity index (χ2n) is 7.81. The molecular formula is C22H30N4OS. The van der Waals surface area contributed by atoms with Crippen molar-refractivity contribution >= 4 is 17.3 Å². The molecule has 0 amide bonds. The third kappa shape index (κ3) is 4.32. The highest BCUT2D eigenvalue weighted by Crippen LogP contribution is 2.46. The molecule has 1 fully saturated rings. The molecule has 2 N–H and O–H groups in total. The number of nitrogens with one attached hydrogen (secondary N) is 2. The summed E-state index contributed by atoms with van der Waals surface area (Å²) in [4.78, 5) is 10.5. The van der Waals surface area contributed by atoms with Crippen LogP contribution in [0.5, 0.6) is 5.75 Å². The first-order valence-electron chi connectivity index (χ1n) is 10.4. The molecule has 1 saturated carbocycles. The van der Waals surface area contributed by atoms with Gasteiger partial charge in [-0.05, 0) is 45.6 Å². The maximum Gasteiger partial charge on any atom is 0.191 e. The third-order valence-electron chi connectivity index (χ3n) is 5.63. The maximum absolute atomic E-state index is 6.49. The fourth-order valence-electron chi connectivity index (χ4n) is 4.34. The highest BCUT2D eigenvalue weighted by Gasteiger charge is 2.43. The number of thiazole rings is 1. The van der Waals surface area contributed by atoms with E-state index in [0.29, 0.717) is 0 Å². The largest absolute Gasteiger partial charge is 0.487 e. The number of aryl methyl sites for hydroxylation is 1. The van der Waals surface area contributed by atoms with E-state index in [1.165, 1.54) is 23.3 Å². The molecule has 2 heterocycles. The highest BCUT2D eigenvalue weighted by molar-refractivity contribution is 7.11. The molecule has 6 heteroatoms. The first kappa shape index (κ1) is 19.2. The molecule has 0 saturated heterocycles. The average molecular weight is 399 g/mol. The van der Waals surface area contributed by atoms with Crippen LogP contribution in [0.4, 0.5) is 0 Å². The molecule has 2 aromatic rings. The van der Waals surface area contributed by atoms with Crippen LogP contribution in [0.15, 0.2) is 35.5 Å². The number of hydrogen-bond acceptors (Lipinski definition) is 4. The number of aliphatic imine (C=N–C) groups is 1. The molecule has 1 spiro atoms. The summed E-state index contributed by atoms with van der Waals surface area (Å²) in [7, 11) is 0. The number of guanidine groups is 1. The zero-order valence-corrected chi connectivity index (χ0v) is 17.6. The van der Waals surface area contributed by atoms with Gasteiger partial charge >= 0.3 is 0 Å². The molecule has 1 unspecified atom stereocenters. The van der Waals surface area contributed by atoms with Gasteiger partial charge in [0.15, 0.2) is 5.96 Å². The Kier molecular flexibility index (Phi) is 5.85. The van der Waals surface area contributed by atoms with Crippen LogP contribution < -0.4 is 15.4 Å². The summed E-state index contributed by atoms with van der Waals surface area (Å²) in [6.07, 6.45) is 8.64. The van der Waals surface area contributed by atoms with Gasteiger partial charge < -0.3 is 15.4 Å². The molecule has 28 heavy (non-hydrogen) atoms. The van der Waals surface area contributed by atoms with Crippen molar-refractivity contribution < 1.29 is 4.74 Å². The Bertz CT molecular complexity index is 825. The van der Waals surface area contributed by atoms with E-state index in [1.54, 1.807) is 11.3 Å². The van der Waals surface area contributed by atoms with Crippen molar-refractivity contribution in [3.63, 3.8) is 0 Å². The molecule has 0 bridgehead atoms. The van der Waals surface area contributed by atoms with Crippen molar-refractivity contribution in [2.75, 3.05) is 13.1 Å². The van der Waals surface area contributed by atoms with E-state index in [2.05, 4.69) is 53.7 Å². The lowest BCUT2D eigenvalue weighted by atomic mass is 9.86. The van der Waals surface area contributed by atoms with Gasteiger partial charge in [0.2, 0.25) is 0 Å². The van der Waals surface area contributed by atoms with Crippen molar-refractivity contribution in [1.29, 1.82) is 0 Å². The summed E-state index contributed by atoms with van der Waals surface area (Å²) in [6, 6.07) is 8.68. The molecule has 150 valence electrons. The molecular weight excluding hydrogens is 368 g/mol. The number of benzene rings is 1. The van der Waals surface area contributed by atoms with Crippen LogP contribution >= 0.6 is 11.3 Å². The lowest BCUT2D eigenvalue weighted by molar-refractivity contribution is 0.0396. The molecule has 1 aromatic heterocycles. The number of para-hydroxylation sites is 1. The van der Waals surface area contributed by atoms with Gasteiger partial charge in [-0.3, -0.25) is 4.99 Å². The smallest absolute Gasteiger partial charge is 0.191 e. The van der Waals surface area contributed by atoms with Crippen LogP contribution in [-0.2, 0) is 6.42 Å². The number of hydrogen-bond donors (Lipinski definition) is 2. The van der Waals surface area contributed by atoms with Gasteiger partial charge in [-0.25, -0.2) is 4.98 Å². The number of aromatic nitrogens is 1. The fraction of sp³-hybridized carbons (Fsp3) is 0.545. The predicted molar refractivity (Wildman–Crippen MR) is 115 cm³/mol. The summed E-state index contributed by atoms with van der Waals surface area (Å²) >= 11 is 1.75. The summed E-state index contributed by atoms with van der Waals surface area (Å²) in [5.41, 5.74) is 1.23. The lowest BCUT2D eigenvalue weighted by Gasteiger charge is -2.40. The van der Waals surface area contributed by atoms with Gasteiger partial charge in [0.05, 0.1) is 11.0 Å². The van der Waals surface area contributed by atoms with E-state index >= 15 is 0 Å².